The van der Waals surface area contributed by atoms with Gasteiger partial charge in [-0.2, -0.15) is 0 Å². The zero-order chi connectivity index (χ0) is 32.9. The number of amides is 1. The number of carbonyl (C=O) groups excluding carboxylic acids is 3. The van der Waals surface area contributed by atoms with Crippen LogP contribution in [0.1, 0.15) is 124 Å². The molecule has 0 aromatic heterocycles. The highest BCUT2D eigenvalue weighted by atomic mass is 16.5. The molecule has 1 aromatic rings. The van der Waals surface area contributed by atoms with E-state index in [4.69, 9.17) is 9.47 Å². The van der Waals surface area contributed by atoms with Crippen molar-refractivity contribution in [1.82, 2.24) is 5.32 Å². The monoisotopic (exact) mass is 633 g/mol. The number of nitrogens with one attached hydrogen (secondary N) is 1. The summed E-state index contributed by atoms with van der Waals surface area (Å²) in [6.07, 6.45) is 15.8. The zero-order valence-corrected chi connectivity index (χ0v) is 29.2. The van der Waals surface area contributed by atoms with Crippen LogP contribution in [0.15, 0.2) is 42.0 Å². The van der Waals surface area contributed by atoms with Crippen molar-refractivity contribution >= 4 is 17.8 Å². The van der Waals surface area contributed by atoms with Gasteiger partial charge in [-0.1, -0.05) is 95.9 Å². The second-order valence-electron chi connectivity index (χ2n) is 16.1. The van der Waals surface area contributed by atoms with E-state index in [0.717, 1.165) is 60.3 Å². The largest absolute Gasteiger partial charge is 0.462 e. The Labute approximate surface area is 277 Å². The average molecular weight is 634 g/mol. The number of esters is 2. The van der Waals surface area contributed by atoms with Crippen LogP contribution >= 0.6 is 0 Å². The smallest absolute Gasteiger partial charge is 0.306 e. The van der Waals surface area contributed by atoms with Crippen LogP contribution in [-0.4, -0.2) is 30.6 Å². The van der Waals surface area contributed by atoms with E-state index in [0.29, 0.717) is 12.0 Å². The third-order valence-corrected chi connectivity index (χ3v) is 12.8. The molecule has 46 heavy (non-hydrogen) atoms. The van der Waals surface area contributed by atoms with Gasteiger partial charge < -0.3 is 14.8 Å². The van der Waals surface area contributed by atoms with Crippen LogP contribution in [0.2, 0.25) is 0 Å². The van der Waals surface area contributed by atoms with Crippen molar-refractivity contribution in [2.75, 3.05) is 6.61 Å². The van der Waals surface area contributed by atoms with E-state index < -0.39 is 5.97 Å². The molecule has 0 saturated heterocycles. The lowest BCUT2D eigenvalue weighted by Crippen LogP contribution is -2.51. The second-order valence-corrected chi connectivity index (χ2v) is 16.1. The van der Waals surface area contributed by atoms with Gasteiger partial charge in [0.25, 0.3) is 5.91 Å². The third-order valence-electron chi connectivity index (χ3n) is 12.8. The molecule has 4 aliphatic rings. The summed E-state index contributed by atoms with van der Waals surface area (Å²) >= 11 is 0. The second kappa shape index (κ2) is 15.1. The molecule has 3 saturated carbocycles. The Kier molecular flexibility index (Phi) is 11.4. The topological polar surface area (TPSA) is 81.7 Å². The lowest BCUT2D eigenvalue weighted by Gasteiger charge is -2.58. The summed E-state index contributed by atoms with van der Waals surface area (Å²) in [5.41, 5.74) is 3.16. The average Bonchev–Trinajstić information content (AvgIpc) is 3.39. The molecule has 0 aliphatic heterocycles. The molecule has 254 valence electrons. The summed E-state index contributed by atoms with van der Waals surface area (Å²) in [4.78, 5) is 36.9. The van der Waals surface area contributed by atoms with Gasteiger partial charge in [-0.3, -0.25) is 14.4 Å². The SMILES string of the molecule is CC(C)CCC[C@@H](C)[C@H]1CC[C@H]2[C@@H]3CC=C4C[C@@H](OC(=O)CCC(=O)OCC(=O)NCc5ccccc5)CC[C@]4(C)[C@H]3CC[C@]12C. The molecule has 0 spiro atoms. The lowest BCUT2D eigenvalue weighted by molar-refractivity contribution is -0.156. The fourth-order valence-corrected chi connectivity index (χ4v) is 10.3. The van der Waals surface area contributed by atoms with Gasteiger partial charge in [-0.15, -0.1) is 0 Å². The first-order valence-corrected chi connectivity index (χ1v) is 18.3. The summed E-state index contributed by atoms with van der Waals surface area (Å²) in [6, 6.07) is 9.55. The highest BCUT2D eigenvalue weighted by Gasteiger charge is 2.59. The van der Waals surface area contributed by atoms with Crippen molar-refractivity contribution in [3.8, 4) is 0 Å². The van der Waals surface area contributed by atoms with E-state index in [1.54, 1.807) is 0 Å². The number of hydrogen-bond acceptors (Lipinski definition) is 5. The van der Waals surface area contributed by atoms with Crippen LogP contribution in [0.25, 0.3) is 0 Å². The van der Waals surface area contributed by atoms with Gasteiger partial charge in [0, 0.05) is 13.0 Å². The molecule has 0 heterocycles. The number of rotatable bonds is 13. The molecule has 5 rings (SSSR count). The molecule has 6 heteroatoms. The van der Waals surface area contributed by atoms with Crippen LogP contribution in [-0.2, 0) is 30.4 Å². The fraction of sp³-hybridized carbons (Fsp3) is 0.725. The van der Waals surface area contributed by atoms with E-state index >= 15 is 0 Å². The standard InChI is InChI=1S/C40H59NO5/c1-27(2)10-9-11-28(3)33-16-17-34-32-15-14-30-24-31(20-22-39(30,4)35(32)21-23-40(33,34)5)46-38(44)19-18-37(43)45-26-36(42)41-25-29-12-7-6-8-13-29/h6-8,12-14,27-28,31-35H,9-11,15-26H2,1-5H3,(H,41,42)/t28-,31+,32+,33-,34+,35+,39+,40-/m1/s1. The molecule has 6 nitrogen and oxygen atoms in total. The van der Waals surface area contributed by atoms with Gasteiger partial charge in [0.15, 0.2) is 6.61 Å². The van der Waals surface area contributed by atoms with Gasteiger partial charge in [0.05, 0.1) is 12.8 Å². The quantitative estimate of drug-likeness (QED) is 0.174. The maximum atomic E-state index is 12.7. The number of hydrogen-bond donors (Lipinski definition) is 1. The Hall–Kier alpha value is -2.63. The van der Waals surface area contributed by atoms with Crippen molar-refractivity contribution < 1.29 is 23.9 Å². The minimum atomic E-state index is -0.563. The van der Waals surface area contributed by atoms with Crippen molar-refractivity contribution in [1.29, 1.82) is 0 Å². The number of allylic oxidation sites excluding steroid dienone is 1. The Morgan fingerprint density at radius 3 is 2.43 bits per heavy atom. The van der Waals surface area contributed by atoms with Crippen molar-refractivity contribution in [2.24, 2.45) is 46.3 Å². The van der Waals surface area contributed by atoms with E-state index in [1.165, 1.54) is 56.9 Å². The third kappa shape index (κ3) is 7.90. The number of ether oxygens (including phenoxy) is 2. The summed E-state index contributed by atoms with van der Waals surface area (Å²) < 4.78 is 11.0. The maximum Gasteiger partial charge on any atom is 0.306 e. The van der Waals surface area contributed by atoms with Gasteiger partial charge in [0.2, 0.25) is 0 Å². The summed E-state index contributed by atoms with van der Waals surface area (Å²) in [5.74, 6) is 3.56. The molecule has 0 radical (unpaired) electrons. The Morgan fingerprint density at radius 2 is 1.67 bits per heavy atom. The highest BCUT2D eigenvalue weighted by Crippen LogP contribution is 2.67. The zero-order valence-electron chi connectivity index (χ0n) is 29.2. The molecular weight excluding hydrogens is 574 g/mol. The Bertz CT molecular complexity index is 1240. The fourth-order valence-electron chi connectivity index (χ4n) is 10.3. The number of benzene rings is 1. The van der Waals surface area contributed by atoms with Crippen molar-refractivity contribution in [3.63, 3.8) is 0 Å². The van der Waals surface area contributed by atoms with E-state index in [9.17, 15) is 14.4 Å². The van der Waals surface area contributed by atoms with Crippen LogP contribution in [0.4, 0.5) is 0 Å². The first kappa shape index (κ1) is 34.7. The molecule has 1 N–H and O–H groups in total. The summed E-state index contributed by atoms with van der Waals surface area (Å²) in [5, 5.41) is 2.73. The number of carbonyl (C=O) groups is 3. The molecule has 8 atom stereocenters. The maximum absolute atomic E-state index is 12.7. The van der Waals surface area contributed by atoms with Gasteiger partial charge in [0.1, 0.15) is 6.10 Å². The minimum Gasteiger partial charge on any atom is -0.462 e. The van der Waals surface area contributed by atoms with Crippen LogP contribution in [0, 0.1) is 46.3 Å². The predicted molar refractivity (Wildman–Crippen MR) is 181 cm³/mol. The van der Waals surface area contributed by atoms with Crippen molar-refractivity contribution in [3.05, 3.63) is 47.5 Å². The molecule has 1 aromatic carbocycles. The van der Waals surface area contributed by atoms with Gasteiger partial charge in [-0.25, -0.2) is 0 Å². The normalized spacial score (nSPS) is 32.4. The Balaban J connectivity index is 1.06. The Morgan fingerprint density at radius 1 is 0.913 bits per heavy atom. The van der Waals surface area contributed by atoms with E-state index in [2.05, 4.69) is 46.0 Å². The summed E-state index contributed by atoms with van der Waals surface area (Å²) in [6.45, 7) is 12.4. The van der Waals surface area contributed by atoms with E-state index in [1.807, 2.05) is 30.3 Å². The molecule has 3 fully saturated rings. The molecule has 0 unspecified atom stereocenters. The van der Waals surface area contributed by atoms with Crippen LogP contribution < -0.4 is 5.32 Å². The molecular formula is C40H59NO5. The van der Waals surface area contributed by atoms with Gasteiger partial charge in [-0.05, 0) is 96.8 Å². The minimum absolute atomic E-state index is 0.0285. The van der Waals surface area contributed by atoms with Crippen LogP contribution in [0.5, 0.6) is 0 Å². The lowest BCUT2D eigenvalue weighted by atomic mass is 9.47. The number of fused-ring (bicyclic) bond motifs is 5. The molecule has 1 amide bonds. The first-order chi connectivity index (χ1) is 22.0. The molecule has 4 aliphatic carbocycles. The van der Waals surface area contributed by atoms with Gasteiger partial charge >= 0.3 is 11.9 Å². The first-order valence-electron chi connectivity index (χ1n) is 18.3. The van der Waals surface area contributed by atoms with Crippen LogP contribution in [0.3, 0.4) is 0 Å². The summed E-state index contributed by atoms with van der Waals surface area (Å²) in [7, 11) is 0. The van der Waals surface area contributed by atoms with Crippen molar-refractivity contribution in [2.45, 2.75) is 131 Å². The highest BCUT2D eigenvalue weighted by molar-refractivity contribution is 5.82. The molecule has 0 bridgehead atoms. The predicted octanol–water partition coefficient (Wildman–Crippen LogP) is 8.58. The van der Waals surface area contributed by atoms with E-state index in [-0.39, 0.29) is 42.8 Å².